The highest BCUT2D eigenvalue weighted by molar-refractivity contribution is 6.35. The van der Waals surface area contributed by atoms with Crippen molar-refractivity contribution in [3.8, 4) is 0 Å². The Hall–Kier alpha value is -1.10. The van der Waals surface area contributed by atoms with Crippen LogP contribution in [0.3, 0.4) is 0 Å². The average molecular weight is 211 g/mol. The quantitative estimate of drug-likeness (QED) is 0.520. The predicted octanol–water partition coefficient (Wildman–Crippen LogP) is -0.867. The van der Waals surface area contributed by atoms with Crippen molar-refractivity contribution in [3.05, 3.63) is 0 Å². The molecule has 1 aliphatic carbocycles. The summed E-state index contributed by atoms with van der Waals surface area (Å²) in [5, 5.41) is 8.64. The minimum atomic E-state index is -0.478. The van der Waals surface area contributed by atoms with Crippen LogP contribution >= 0.6 is 0 Å². The second-order valence-corrected chi connectivity index (χ2v) is 4.25. The Morgan fingerprint density at radius 1 is 0.867 bits per heavy atom. The number of amides is 2. The van der Waals surface area contributed by atoms with Crippen molar-refractivity contribution in [3.63, 3.8) is 0 Å². The molecule has 0 radical (unpaired) electrons. The van der Waals surface area contributed by atoms with Crippen LogP contribution in [0.15, 0.2) is 0 Å². The Balaban J connectivity index is 1.71. The summed E-state index contributed by atoms with van der Waals surface area (Å²) < 4.78 is 0. The van der Waals surface area contributed by atoms with Crippen LogP contribution in [0.2, 0.25) is 0 Å². The summed E-state index contributed by atoms with van der Waals surface area (Å²) in [6, 6.07) is 0.403. The zero-order valence-corrected chi connectivity index (χ0v) is 8.71. The molecule has 2 fully saturated rings. The molecule has 0 spiro atoms. The fourth-order valence-electron chi connectivity index (χ4n) is 1.70. The molecule has 5 heteroatoms. The van der Waals surface area contributed by atoms with Gasteiger partial charge in [0.1, 0.15) is 0 Å². The van der Waals surface area contributed by atoms with Crippen molar-refractivity contribution < 1.29 is 9.59 Å². The molecular weight excluding hydrogens is 194 g/mol. The molecule has 1 heterocycles. The van der Waals surface area contributed by atoms with Crippen LogP contribution in [-0.4, -0.2) is 37.0 Å². The van der Waals surface area contributed by atoms with Crippen molar-refractivity contribution in [2.75, 3.05) is 13.1 Å². The third-order valence-electron chi connectivity index (χ3n) is 2.79. The van der Waals surface area contributed by atoms with Crippen LogP contribution in [0.4, 0.5) is 0 Å². The van der Waals surface area contributed by atoms with Gasteiger partial charge in [-0.2, -0.15) is 0 Å². The zero-order chi connectivity index (χ0) is 10.7. The lowest BCUT2D eigenvalue weighted by molar-refractivity contribution is -0.139. The van der Waals surface area contributed by atoms with Gasteiger partial charge in [0.05, 0.1) is 0 Å². The molecule has 2 amide bonds. The van der Waals surface area contributed by atoms with E-state index in [1.54, 1.807) is 0 Å². The van der Waals surface area contributed by atoms with Crippen LogP contribution in [0.25, 0.3) is 0 Å². The monoisotopic (exact) mass is 211 g/mol. The minimum Gasteiger partial charge on any atom is -0.345 e. The topological polar surface area (TPSA) is 70.2 Å². The van der Waals surface area contributed by atoms with Gasteiger partial charge in [0.25, 0.3) is 0 Å². The molecule has 1 saturated carbocycles. The maximum absolute atomic E-state index is 11.4. The fourth-order valence-corrected chi connectivity index (χ4v) is 1.70. The first-order valence-corrected chi connectivity index (χ1v) is 5.58. The van der Waals surface area contributed by atoms with Crippen LogP contribution in [0.1, 0.15) is 25.7 Å². The van der Waals surface area contributed by atoms with Gasteiger partial charge in [0.2, 0.25) is 0 Å². The molecular formula is C10H17N3O2. The molecule has 0 bridgehead atoms. The number of carbonyl (C=O) groups is 2. The molecule has 0 unspecified atom stereocenters. The minimum absolute atomic E-state index is 0.156. The van der Waals surface area contributed by atoms with Gasteiger partial charge in [-0.3, -0.25) is 9.59 Å². The first-order valence-electron chi connectivity index (χ1n) is 5.58. The van der Waals surface area contributed by atoms with E-state index >= 15 is 0 Å². The van der Waals surface area contributed by atoms with Crippen molar-refractivity contribution in [1.82, 2.24) is 16.0 Å². The van der Waals surface area contributed by atoms with Crippen LogP contribution < -0.4 is 16.0 Å². The fraction of sp³-hybridized carbons (Fsp3) is 0.800. The van der Waals surface area contributed by atoms with Crippen LogP contribution in [0, 0.1) is 0 Å². The lowest BCUT2D eigenvalue weighted by Gasteiger charge is -2.23. The van der Waals surface area contributed by atoms with Gasteiger partial charge in [-0.15, -0.1) is 0 Å². The number of piperidine rings is 1. The largest absolute Gasteiger partial charge is 0.345 e. The molecule has 84 valence electrons. The third kappa shape index (κ3) is 3.20. The molecule has 1 saturated heterocycles. The number of hydrogen-bond acceptors (Lipinski definition) is 3. The van der Waals surface area contributed by atoms with E-state index in [0.29, 0.717) is 0 Å². The maximum Gasteiger partial charge on any atom is 0.309 e. The van der Waals surface area contributed by atoms with Crippen molar-refractivity contribution >= 4 is 11.8 Å². The van der Waals surface area contributed by atoms with Gasteiger partial charge < -0.3 is 16.0 Å². The summed E-state index contributed by atoms with van der Waals surface area (Å²) in [5.41, 5.74) is 0. The van der Waals surface area contributed by atoms with Crippen LogP contribution in [-0.2, 0) is 9.59 Å². The molecule has 2 rings (SSSR count). The van der Waals surface area contributed by atoms with Gasteiger partial charge in [-0.1, -0.05) is 0 Å². The summed E-state index contributed by atoms with van der Waals surface area (Å²) in [6.07, 6.45) is 3.82. The second kappa shape index (κ2) is 4.61. The van der Waals surface area contributed by atoms with Crippen molar-refractivity contribution in [1.29, 1.82) is 0 Å². The van der Waals surface area contributed by atoms with E-state index in [4.69, 9.17) is 0 Å². The Morgan fingerprint density at radius 3 is 1.80 bits per heavy atom. The Kier molecular flexibility index (Phi) is 3.20. The van der Waals surface area contributed by atoms with E-state index in [9.17, 15) is 9.59 Å². The maximum atomic E-state index is 11.4. The molecule has 2 aliphatic rings. The van der Waals surface area contributed by atoms with Crippen molar-refractivity contribution in [2.45, 2.75) is 37.8 Å². The second-order valence-electron chi connectivity index (χ2n) is 4.25. The number of nitrogens with one attached hydrogen (secondary N) is 3. The van der Waals surface area contributed by atoms with E-state index in [0.717, 1.165) is 38.8 Å². The van der Waals surface area contributed by atoms with E-state index in [-0.39, 0.29) is 12.1 Å². The van der Waals surface area contributed by atoms with Gasteiger partial charge in [0.15, 0.2) is 0 Å². The highest BCUT2D eigenvalue weighted by Gasteiger charge is 2.27. The molecule has 15 heavy (non-hydrogen) atoms. The van der Waals surface area contributed by atoms with Crippen LogP contribution in [0.5, 0.6) is 0 Å². The smallest absolute Gasteiger partial charge is 0.309 e. The number of carbonyl (C=O) groups excluding carboxylic acids is 2. The summed E-state index contributed by atoms with van der Waals surface area (Å²) in [5.74, 6) is -0.954. The summed E-state index contributed by atoms with van der Waals surface area (Å²) >= 11 is 0. The molecule has 3 N–H and O–H groups in total. The zero-order valence-electron chi connectivity index (χ0n) is 8.71. The standard InChI is InChI=1S/C10H17N3O2/c14-9(12-7-1-2-7)10(15)13-8-3-5-11-6-4-8/h7-8,11H,1-6H2,(H,12,14)(H,13,15). The van der Waals surface area contributed by atoms with Crippen molar-refractivity contribution in [2.24, 2.45) is 0 Å². The lowest BCUT2D eigenvalue weighted by Crippen LogP contribution is -2.48. The number of hydrogen-bond donors (Lipinski definition) is 3. The molecule has 0 aromatic rings. The average Bonchev–Trinajstić information content (AvgIpc) is 3.03. The number of rotatable bonds is 2. The first-order chi connectivity index (χ1) is 7.25. The first kappa shape index (κ1) is 10.4. The van der Waals surface area contributed by atoms with Gasteiger partial charge in [-0.05, 0) is 38.8 Å². The third-order valence-corrected chi connectivity index (χ3v) is 2.79. The highest BCUT2D eigenvalue weighted by atomic mass is 16.2. The normalized spacial score (nSPS) is 22.1. The van der Waals surface area contributed by atoms with Gasteiger partial charge in [-0.25, -0.2) is 0 Å². The van der Waals surface area contributed by atoms with E-state index in [1.807, 2.05) is 0 Å². The van der Waals surface area contributed by atoms with E-state index in [1.165, 1.54) is 0 Å². The molecule has 1 aliphatic heterocycles. The Bertz CT molecular complexity index is 257. The summed E-state index contributed by atoms with van der Waals surface area (Å²) in [4.78, 5) is 22.8. The van der Waals surface area contributed by atoms with E-state index < -0.39 is 11.8 Å². The van der Waals surface area contributed by atoms with Gasteiger partial charge in [0, 0.05) is 12.1 Å². The lowest BCUT2D eigenvalue weighted by atomic mass is 10.1. The SMILES string of the molecule is O=C(NC1CCNCC1)C(=O)NC1CC1. The summed E-state index contributed by atoms with van der Waals surface area (Å²) in [7, 11) is 0. The predicted molar refractivity (Wildman–Crippen MR) is 55.2 cm³/mol. The van der Waals surface area contributed by atoms with Gasteiger partial charge >= 0.3 is 11.8 Å². The molecule has 0 aromatic heterocycles. The molecule has 5 nitrogen and oxygen atoms in total. The Morgan fingerprint density at radius 2 is 1.33 bits per heavy atom. The Labute approximate surface area is 89.0 Å². The van der Waals surface area contributed by atoms with E-state index in [2.05, 4.69) is 16.0 Å². The molecule has 0 aromatic carbocycles. The summed E-state index contributed by atoms with van der Waals surface area (Å²) in [6.45, 7) is 1.82. The molecule has 0 atom stereocenters. The highest BCUT2D eigenvalue weighted by Crippen LogP contribution is 2.18.